The second-order valence-corrected chi connectivity index (χ2v) is 4.46. The molecule has 100 valence electrons. The second-order valence-electron chi connectivity index (χ2n) is 4.46. The molecule has 0 amide bonds. The SMILES string of the molecule is CN(C)c1cc(-c2noc(-c3cccnc3)n2)ccn1. The molecular formula is C14H13N5O. The third kappa shape index (κ3) is 2.35. The lowest BCUT2D eigenvalue weighted by Crippen LogP contribution is -2.10. The summed E-state index contributed by atoms with van der Waals surface area (Å²) in [5.41, 5.74) is 1.66. The fourth-order valence-corrected chi connectivity index (χ4v) is 1.75. The van der Waals surface area contributed by atoms with Gasteiger partial charge in [-0.25, -0.2) is 4.98 Å². The van der Waals surface area contributed by atoms with E-state index in [0.29, 0.717) is 11.7 Å². The lowest BCUT2D eigenvalue weighted by Gasteiger charge is -2.10. The van der Waals surface area contributed by atoms with Crippen LogP contribution in [0, 0.1) is 0 Å². The molecule has 3 rings (SSSR count). The third-order valence-corrected chi connectivity index (χ3v) is 2.80. The molecule has 6 heteroatoms. The Morgan fingerprint density at radius 2 is 2.00 bits per heavy atom. The summed E-state index contributed by atoms with van der Waals surface area (Å²) in [4.78, 5) is 14.6. The Balaban J connectivity index is 1.96. The van der Waals surface area contributed by atoms with E-state index in [1.165, 1.54) is 0 Å². The first-order valence-corrected chi connectivity index (χ1v) is 6.12. The molecule has 0 unspecified atom stereocenters. The molecule has 0 atom stereocenters. The van der Waals surface area contributed by atoms with Crippen LogP contribution in [0.2, 0.25) is 0 Å². The fourth-order valence-electron chi connectivity index (χ4n) is 1.75. The van der Waals surface area contributed by atoms with Gasteiger partial charge in [-0.1, -0.05) is 5.16 Å². The molecule has 0 aliphatic rings. The lowest BCUT2D eigenvalue weighted by molar-refractivity contribution is 0.432. The summed E-state index contributed by atoms with van der Waals surface area (Å²) in [6.07, 6.45) is 5.12. The Kier molecular flexibility index (Phi) is 3.12. The summed E-state index contributed by atoms with van der Waals surface area (Å²) in [7, 11) is 3.87. The zero-order valence-electron chi connectivity index (χ0n) is 11.2. The predicted octanol–water partition coefficient (Wildman–Crippen LogP) is 2.26. The van der Waals surface area contributed by atoms with Crippen LogP contribution in [0.1, 0.15) is 0 Å². The zero-order chi connectivity index (χ0) is 13.9. The molecular weight excluding hydrogens is 254 g/mol. The van der Waals surface area contributed by atoms with Gasteiger partial charge in [-0.2, -0.15) is 4.98 Å². The van der Waals surface area contributed by atoms with E-state index in [1.807, 2.05) is 43.3 Å². The topological polar surface area (TPSA) is 67.9 Å². The summed E-state index contributed by atoms with van der Waals surface area (Å²) >= 11 is 0. The molecule has 0 radical (unpaired) electrons. The van der Waals surface area contributed by atoms with Crippen molar-refractivity contribution in [3.63, 3.8) is 0 Å². The van der Waals surface area contributed by atoms with Gasteiger partial charge in [0.05, 0.1) is 5.56 Å². The van der Waals surface area contributed by atoms with Crippen LogP contribution in [-0.4, -0.2) is 34.2 Å². The molecule has 3 heterocycles. The second kappa shape index (κ2) is 5.08. The maximum absolute atomic E-state index is 5.27. The Hall–Kier alpha value is -2.76. The highest BCUT2D eigenvalue weighted by Crippen LogP contribution is 2.23. The fraction of sp³-hybridized carbons (Fsp3) is 0.143. The van der Waals surface area contributed by atoms with Gasteiger partial charge >= 0.3 is 0 Å². The van der Waals surface area contributed by atoms with Gasteiger partial charge in [0, 0.05) is 38.2 Å². The van der Waals surface area contributed by atoms with Crippen LogP contribution < -0.4 is 4.90 Å². The molecule has 0 saturated carbocycles. The molecule has 0 N–H and O–H groups in total. The first kappa shape index (κ1) is 12.3. The predicted molar refractivity (Wildman–Crippen MR) is 75.1 cm³/mol. The maximum Gasteiger partial charge on any atom is 0.259 e. The zero-order valence-corrected chi connectivity index (χ0v) is 11.2. The van der Waals surface area contributed by atoms with Crippen molar-refractivity contribution < 1.29 is 4.52 Å². The smallest absolute Gasteiger partial charge is 0.259 e. The molecule has 0 spiro atoms. The molecule has 6 nitrogen and oxygen atoms in total. The van der Waals surface area contributed by atoms with Gasteiger partial charge in [-0.3, -0.25) is 4.98 Å². The molecule has 0 aliphatic heterocycles. The lowest BCUT2D eigenvalue weighted by atomic mass is 10.2. The number of anilines is 1. The monoisotopic (exact) mass is 267 g/mol. The summed E-state index contributed by atoms with van der Waals surface area (Å²) in [6.45, 7) is 0. The van der Waals surface area contributed by atoms with E-state index in [2.05, 4.69) is 20.1 Å². The minimum atomic E-state index is 0.455. The Morgan fingerprint density at radius 3 is 2.75 bits per heavy atom. The van der Waals surface area contributed by atoms with Gasteiger partial charge in [0.1, 0.15) is 5.82 Å². The largest absolute Gasteiger partial charge is 0.363 e. The minimum Gasteiger partial charge on any atom is -0.363 e. The summed E-state index contributed by atoms with van der Waals surface area (Å²) < 4.78 is 5.27. The van der Waals surface area contributed by atoms with Crippen LogP contribution in [0.5, 0.6) is 0 Å². The van der Waals surface area contributed by atoms with Crippen molar-refractivity contribution in [2.45, 2.75) is 0 Å². The van der Waals surface area contributed by atoms with Crippen molar-refractivity contribution in [3.8, 4) is 22.8 Å². The van der Waals surface area contributed by atoms with E-state index in [4.69, 9.17) is 4.52 Å². The van der Waals surface area contributed by atoms with E-state index >= 15 is 0 Å². The Bertz CT molecular complexity index is 708. The standard InChI is InChI=1S/C14H13N5O/c1-19(2)12-8-10(5-7-16-12)13-17-14(20-18-13)11-4-3-6-15-9-11/h3-9H,1-2H3. The number of nitrogens with zero attached hydrogens (tertiary/aromatic N) is 5. The molecule has 0 saturated heterocycles. The van der Waals surface area contributed by atoms with Crippen LogP contribution in [0.3, 0.4) is 0 Å². The molecule has 0 aromatic carbocycles. The highest BCUT2D eigenvalue weighted by molar-refractivity contribution is 5.62. The van der Waals surface area contributed by atoms with Crippen molar-refractivity contribution in [3.05, 3.63) is 42.9 Å². The van der Waals surface area contributed by atoms with Crippen LogP contribution in [0.25, 0.3) is 22.8 Å². The normalized spacial score (nSPS) is 10.5. The molecule has 3 aromatic heterocycles. The third-order valence-electron chi connectivity index (χ3n) is 2.80. The van der Waals surface area contributed by atoms with Crippen molar-refractivity contribution >= 4 is 5.82 Å². The molecule has 20 heavy (non-hydrogen) atoms. The van der Waals surface area contributed by atoms with E-state index < -0.39 is 0 Å². The van der Waals surface area contributed by atoms with Gasteiger partial charge in [-0.05, 0) is 24.3 Å². The number of hydrogen-bond acceptors (Lipinski definition) is 6. The van der Waals surface area contributed by atoms with Crippen LogP contribution in [0.4, 0.5) is 5.82 Å². The quantitative estimate of drug-likeness (QED) is 0.725. The van der Waals surface area contributed by atoms with Gasteiger partial charge in [0.15, 0.2) is 0 Å². The highest BCUT2D eigenvalue weighted by atomic mass is 16.5. The van der Waals surface area contributed by atoms with Crippen LogP contribution >= 0.6 is 0 Å². The van der Waals surface area contributed by atoms with Crippen molar-refractivity contribution in [2.75, 3.05) is 19.0 Å². The van der Waals surface area contributed by atoms with Crippen molar-refractivity contribution in [1.29, 1.82) is 0 Å². The van der Waals surface area contributed by atoms with E-state index in [1.54, 1.807) is 18.6 Å². The average Bonchev–Trinajstić information content (AvgIpc) is 2.98. The van der Waals surface area contributed by atoms with Gasteiger partial charge in [-0.15, -0.1) is 0 Å². The summed E-state index contributed by atoms with van der Waals surface area (Å²) in [5, 5.41) is 4.00. The van der Waals surface area contributed by atoms with Crippen LogP contribution in [-0.2, 0) is 0 Å². The number of hydrogen-bond donors (Lipinski definition) is 0. The molecule has 3 aromatic rings. The van der Waals surface area contributed by atoms with Crippen molar-refractivity contribution in [1.82, 2.24) is 20.1 Å². The van der Waals surface area contributed by atoms with Crippen LogP contribution in [0.15, 0.2) is 47.4 Å². The highest BCUT2D eigenvalue weighted by Gasteiger charge is 2.11. The van der Waals surface area contributed by atoms with Gasteiger partial charge in [0.25, 0.3) is 5.89 Å². The van der Waals surface area contributed by atoms with Gasteiger partial charge in [0.2, 0.25) is 5.82 Å². The van der Waals surface area contributed by atoms with E-state index in [9.17, 15) is 0 Å². The minimum absolute atomic E-state index is 0.455. The number of pyridine rings is 2. The van der Waals surface area contributed by atoms with E-state index in [0.717, 1.165) is 16.9 Å². The first-order chi connectivity index (χ1) is 9.74. The molecule has 0 fully saturated rings. The first-order valence-electron chi connectivity index (χ1n) is 6.12. The summed E-state index contributed by atoms with van der Waals surface area (Å²) in [5.74, 6) is 1.83. The van der Waals surface area contributed by atoms with Crippen molar-refractivity contribution in [2.24, 2.45) is 0 Å². The molecule has 0 aliphatic carbocycles. The number of aromatic nitrogens is 4. The Labute approximate surface area is 116 Å². The maximum atomic E-state index is 5.27. The van der Waals surface area contributed by atoms with Gasteiger partial charge < -0.3 is 9.42 Å². The van der Waals surface area contributed by atoms with E-state index in [-0.39, 0.29) is 0 Å². The summed E-state index contributed by atoms with van der Waals surface area (Å²) in [6, 6.07) is 7.47. The Morgan fingerprint density at radius 1 is 1.10 bits per heavy atom. The molecule has 0 bridgehead atoms. The number of rotatable bonds is 3. The average molecular weight is 267 g/mol.